The average molecular weight is 366 g/mol. The largest absolute Gasteiger partial charge is 0.493 e. The molecule has 3 rings (SSSR count). The van der Waals surface area contributed by atoms with Crippen molar-refractivity contribution in [3.63, 3.8) is 0 Å². The summed E-state index contributed by atoms with van der Waals surface area (Å²) in [5.41, 5.74) is 8.88. The van der Waals surface area contributed by atoms with Crippen molar-refractivity contribution in [1.82, 2.24) is 0 Å². The van der Waals surface area contributed by atoms with Gasteiger partial charge in [0.05, 0.1) is 12.7 Å². The molecule has 0 saturated heterocycles. The minimum atomic E-state index is -1.03. The van der Waals surface area contributed by atoms with Crippen LogP contribution >= 0.6 is 0 Å². The van der Waals surface area contributed by atoms with Gasteiger partial charge in [-0.1, -0.05) is 18.2 Å². The quantitative estimate of drug-likeness (QED) is 0.835. The van der Waals surface area contributed by atoms with E-state index in [1.54, 1.807) is 18.1 Å². The molecule has 3 N–H and O–H groups in total. The number of hydrogen-bond acceptors (Lipinski definition) is 5. The van der Waals surface area contributed by atoms with Crippen LogP contribution in [0.3, 0.4) is 0 Å². The maximum atomic E-state index is 11.5. The minimum absolute atomic E-state index is 0.147. The molecule has 2 aromatic carbocycles. The highest BCUT2D eigenvalue weighted by molar-refractivity contribution is 5.90. The molecule has 27 heavy (non-hydrogen) atoms. The van der Waals surface area contributed by atoms with Crippen LogP contribution in [0.25, 0.3) is 0 Å². The Morgan fingerprint density at radius 3 is 2.48 bits per heavy atom. The van der Waals surface area contributed by atoms with Crippen molar-refractivity contribution in [3.05, 3.63) is 71.5 Å². The van der Waals surface area contributed by atoms with Crippen LogP contribution in [0.2, 0.25) is 0 Å². The van der Waals surface area contributed by atoms with Crippen LogP contribution < -0.4 is 20.1 Å². The highest BCUT2D eigenvalue weighted by Gasteiger charge is 2.29. The number of carbonyl (C=O) groups is 1. The number of ether oxygens (including phenoxy) is 2. The fraction of sp³-hybridized carbons (Fsp3) is 0.190. The van der Waals surface area contributed by atoms with Crippen LogP contribution in [0.4, 0.5) is 5.69 Å². The van der Waals surface area contributed by atoms with Gasteiger partial charge in [0.2, 0.25) is 0 Å². The van der Waals surface area contributed by atoms with E-state index in [0.717, 1.165) is 17.0 Å². The molecule has 0 bridgehead atoms. The molecule has 6 nitrogen and oxygen atoms in total. The molecular weight excluding hydrogens is 344 g/mol. The zero-order chi connectivity index (χ0) is 19.6. The summed E-state index contributed by atoms with van der Waals surface area (Å²) in [6.45, 7) is 3.78. The Bertz CT molecular complexity index is 933. The third-order valence-electron chi connectivity index (χ3n) is 4.54. The molecule has 1 heterocycles. The van der Waals surface area contributed by atoms with Crippen LogP contribution in [0.5, 0.6) is 17.2 Å². The predicted molar refractivity (Wildman–Crippen MR) is 104 cm³/mol. The van der Waals surface area contributed by atoms with Crippen LogP contribution in [0.1, 0.15) is 13.8 Å². The van der Waals surface area contributed by atoms with E-state index >= 15 is 0 Å². The van der Waals surface area contributed by atoms with Gasteiger partial charge in [0.15, 0.2) is 11.5 Å². The minimum Gasteiger partial charge on any atom is -0.493 e. The fourth-order valence-corrected chi connectivity index (χ4v) is 3.03. The maximum absolute atomic E-state index is 11.5. The third kappa shape index (κ3) is 3.66. The standard InChI is InChI=1S/C21H22N2O4/c1-13-11-17(21(24)25)20(22)23(14(13)2)15-7-6-8-16(12-15)27-19-10-5-4-9-18(19)26-3/h4-12,20H,22H2,1-3H3,(H,24,25). The number of nitrogens with two attached hydrogens (primary N) is 1. The Hall–Kier alpha value is -3.25. The number of rotatable bonds is 5. The van der Waals surface area contributed by atoms with Crippen molar-refractivity contribution in [2.75, 3.05) is 12.0 Å². The van der Waals surface area contributed by atoms with Gasteiger partial charge < -0.3 is 25.2 Å². The van der Waals surface area contributed by atoms with Crippen molar-refractivity contribution < 1.29 is 19.4 Å². The average Bonchev–Trinajstić information content (AvgIpc) is 2.65. The van der Waals surface area contributed by atoms with Gasteiger partial charge in [0, 0.05) is 17.5 Å². The van der Waals surface area contributed by atoms with Crippen molar-refractivity contribution in [2.45, 2.75) is 20.0 Å². The molecule has 1 atom stereocenters. The number of aliphatic carboxylic acids is 1. The lowest BCUT2D eigenvalue weighted by Gasteiger charge is -2.36. The number of nitrogens with zero attached hydrogens (tertiary/aromatic N) is 1. The molecule has 140 valence electrons. The molecule has 0 fully saturated rings. The second kappa shape index (κ2) is 7.55. The molecule has 0 saturated carbocycles. The van der Waals surface area contributed by atoms with Crippen molar-refractivity contribution >= 4 is 11.7 Å². The molecule has 0 aromatic heterocycles. The topological polar surface area (TPSA) is 85.0 Å². The SMILES string of the molecule is COc1ccccc1Oc1cccc(N2C(C)=C(C)C=C(C(=O)O)C2N)c1. The van der Waals surface area contributed by atoms with Gasteiger partial charge in [-0.15, -0.1) is 0 Å². The van der Waals surface area contributed by atoms with E-state index in [9.17, 15) is 9.90 Å². The molecular formula is C21H22N2O4. The van der Waals surface area contributed by atoms with Gasteiger partial charge in [-0.3, -0.25) is 0 Å². The first-order chi connectivity index (χ1) is 12.9. The Labute approximate surface area is 158 Å². The molecule has 1 unspecified atom stereocenters. The van der Waals surface area contributed by atoms with Gasteiger partial charge >= 0.3 is 5.97 Å². The van der Waals surface area contributed by atoms with Gasteiger partial charge in [-0.05, 0) is 49.8 Å². The normalized spacial score (nSPS) is 16.8. The summed E-state index contributed by atoms with van der Waals surface area (Å²) in [7, 11) is 1.59. The van der Waals surface area contributed by atoms with Crippen LogP contribution in [0.15, 0.2) is 71.5 Å². The number of benzene rings is 2. The van der Waals surface area contributed by atoms with Crippen LogP contribution in [-0.2, 0) is 4.79 Å². The molecule has 2 aromatic rings. The molecule has 6 heteroatoms. The predicted octanol–water partition coefficient (Wildman–Crippen LogP) is 3.90. The van der Waals surface area contributed by atoms with Crippen LogP contribution in [-0.4, -0.2) is 24.4 Å². The summed E-state index contributed by atoms with van der Waals surface area (Å²) in [6.07, 6.45) is 0.835. The van der Waals surface area contributed by atoms with Gasteiger partial charge in [-0.2, -0.15) is 0 Å². The van der Waals surface area contributed by atoms with Crippen molar-refractivity contribution in [3.8, 4) is 17.2 Å². The molecule has 0 aliphatic carbocycles. The van der Waals surface area contributed by atoms with Crippen molar-refractivity contribution in [1.29, 1.82) is 0 Å². The number of carboxylic acid groups (broad SMARTS) is 1. The summed E-state index contributed by atoms with van der Waals surface area (Å²) in [5.74, 6) is 0.789. The zero-order valence-corrected chi connectivity index (χ0v) is 15.5. The van der Waals surface area contributed by atoms with E-state index in [2.05, 4.69) is 0 Å². The smallest absolute Gasteiger partial charge is 0.335 e. The summed E-state index contributed by atoms with van der Waals surface area (Å²) in [4.78, 5) is 13.3. The molecule has 0 radical (unpaired) electrons. The third-order valence-corrected chi connectivity index (χ3v) is 4.54. The maximum Gasteiger partial charge on any atom is 0.335 e. The van der Waals surface area contributed by atoms with Gasteiger partial charge in [0.25, 0.3) is 0 Å². The Balaban J connectivity index is 1.96. The second-order valence-corrected chi connectivity index (χ2v) is 6.24. The zero-order valence-electron chi connectivity index (χ0n) is 15.5. The van der Waals surface area contributed by atoms with Gasteiger partial charge in [-0.25, -0.2) is 4.79 Å². The molecule has 1 aliphatic rings. The molecule has 1 aliphatic heterocycles. The van der Waals surface area contributed by atoms with E-state index in [1.807, 2.05) is 62.4 Å². The van der Waals surface area contributed by atoms with E-state index in [4.69, 9.17) is 15.2 Å². The number of hydrogen-bond donors (Lipinski definition) is 2. The van der Waals surface area contributed by atoms with Gasteiger partial charge in [0.1, 0.15) is 11.9 Å². The fourth-order valence-electron chi connectivity index (χ4n) is 3.03. The first-order valence-electron chi connectivity index (χ1n) is 8.50. The summed E-state index contributed by atoms with van der Waals surface area (Å²) < 4.78 is 11.3. The Kier molecular flexibility index (Phi) is 5.19. The van der Waals surface area contributed by atoms with E-state index in [0.29, 0.717) is 17.2 Å². The van der Waals surface area contributed by atoms with E-state index in [-0.39, 0.29) is 5.57 Å². The lowest BCUT2D eigenvalue weighted by atomic mass is 10.0. The summed E-state index contributed by atoms with van der Waals surface area (Å²) in [6, 6.07) is 14.7. The Morgan fingerprint density at radius 2 is 1.81 bits per heavy atom. The number of carboxylic acids is 1. The first-order valence-corrected chi connectivity index (χ1v) is 8.50. The number of para-hydroxylation sites is 2. The number of allylic oxidation sites excluding steroid dienone is 3. The van der Waals surface area contributed by atoms with Crippen molar-refractivity contribution in [2.24, 2.45) is 5.73 Å². The summed E-state index contributed by atoms with van der Waals surface area (Å²) in [5, 5.41) is 9.45. The van der Waals surface area contributed by atoms with E-state index in [1.165, 1.54) is 0 Å². The lowest BCUT2D eigenvalue weighted by molar-refractivity contribution is -0.132. The molecule has 0 spiro atoms. The van der Waals surface area contributed by atoms with Crippen LogP contribution in [0, 0.1) is 0 Å². The summed E-state index contributed by atoms with van der Waals surface area (Å²) >= 11 is 0. The monoisotopic (exact) mass is 366 g/mol. The number of methoxy groups -OCH3 is 1. The number of anilines is 1. The first kappa shape index (κ1) is 18.5. The highest BCUT2D eigenvalue weighted by Crippen LogP contribution is 2.35. The Morgan fingerprint density at radius 1 is 1.11 bits per heavy atom. The van der Waals surface area contributed by atoms with E-state index < -0.39 is 12.1 Å². The second-order valence-electron chi connectivity index (χ2n) is 6.24. The molecule has 0 amide bonds. The highest BCUT2D eigenvalue weighted by atomic mass is 16.5. The lowest BCUT2D eigenvalue weighted by Crippen LogP contribution is -2.46.